The van der Waals surface area contributed by atoms with E-state index in [1.165, 1.54) is 12.1 Å². The average Bonchev–Trinajstić information content (AvgIpc) is 2.54. The highest BCUT2D eigenvalue weighted by Gasteiger charge is 2.16. The molecule has 0 aliphatic heterocycles. The van der Waals surface area contributed by atoms with E-state index in [0.717, 1.165) is 11.3 Å². The number of carbonyl (C=O) groups is 1. The normalized spacial score (nSPS) is 9.83. The highest BCUT2D eigenvalue weighted by Crippen LogP contribution is 2.25. The van der Waals surface area contributed by atoms with E-state index >= 15 is 0 Å². The van der Waals surface area contributed by atoms with Crippen molar-refractivity contribution in [3.8, 4) is 17.6 Å². The van der Waals surface area contributed by atoms with Crippen LogP contribution in [0.3, 0.4) is 0 Å². The Morgan fingerprint density at radius 3 is 2.88 bits per heavy atom. The third-order valence-electron chi connectivity index (χ3n) is 3.43. The molecule has 0 unspecified atom stereocenters. The zero-order valence-electron chi connectivity index (χ0n) is 13.7. The predicted octanol–water partition coefficient (Wildman–Crippen LogP) is 3.07. The van der Waals surface area contributed by atoms with E-state index in [1.54, 1.807) is 26.0 Å². The van der Waals surface area contributed by atoms with Crippen molar-refractivity contribution in [1.29, 1.82) is 0 Å². The van der Waals surface area contributed by atoms with Gasteiger partial charge in [-0.25, -0.2) is 9.37 Å². The topological polar surface area (TPSA) is 77.2 Å². The summed E-state index contributed by atoms with van der Waals surface area (Å²) in [6, 6.07) is 6.11. The van der Waals surface area contributed by atoms with Crippen molar-refractivity contribution in [2.45, 2.75) is 20.8 Å². The summed E-state index contributed by atoms with van der Waals surface area (Å²) in [4.78, 5) is 16.5. The van der Waals surface area contributed by atoms with Gasteiger partial charge in [0.05, 0.1) is 11.3 Å². The molecule has 3 N–H and O–H groups in total. The number of aromatic nitrogens is 1. The van der Waals surface area contributed by atoms with Crippen molar-refractivity contribution in [3.63, 3.8) is 0 Å². The van der Waals surface area contributed by atoms with Gasteiger partial charge in [0, 0.05) is 5.69 Å². The fourth-order valence-corrected chi connectivity index (χ4v) is 2.00. The third-order valence-corrected chi connectivity index (χ3v) is 3.43. The molecule has 6 heteroatoms. The molecule has 0 spiro atoms. The van der Waals surface area contributed by atoms with Crippen LogP contribution in [0, 0.1) is 31.5 Å². The maximum atomic E-state index is 14.4. The van der Waals surface area contributed by atoms with Gasteiger partial charge in [-0.15, -0.1) is 5.92 Å². The summed E-state index contributed by atoms with van der Waals surface area (Å²) in [6.45, 7) is 5.35. The lowest BCUT2D eigenvalue weighted by molar-refractivity contribution is 0.102. The first kappa shape index (κ1) is 17.3. The van der Waals surface area contributed by atoms with Gasteiger partial charge in [0.15, 0.2) is 11.6 Å². The van der Waals surface area contributed by atoms with Gasteiger partial charge in [-0.05, 0) is 44.5 Å². The van der Waals surface area contributed by atoms with E-state index in [0.29, 0.717) is 0 Å². The Bertz CT molecular complexity index is 838. The minimum Gasteiger partial charge on any atom is -0.478 e. The van der Waals surface area contributed by atoms with Crippen LogP contribution in [0.2, 0.25) is 0 Å². The number of amides is 1. The maximum absolute atomic E-state index is 14.4. The van der Waals surface area contributed by atoms with Crippen molar-refractivity contribution in [1.82, 2.24) is 4.98 Å². The second kappa shape index (κ2) is 7.47. The number of nitrogens with zero attached hydrogens (tertiary/aromatic N) is 1. The molecule has 1 amide bonds. The highest BCUT2D eigenvalue weighted by molar-refractivity contribution is 6.07. The number of carbonyl (C=O) groups excluding carboxylic acids is 1. The molecule has 0 saturated carbocycles. The third kappa shape index (κ3) is 3.82. The number of rotatable bonds is 4. The smallest absolute Gasteiger partial charge is 0.259 e. The number of hydrogen-bond donors (Lipinski definition) is 2. The summed E-state index contributed by atoms with van der Waals surface area (Å²) in [6.07, 6.45) is 0. The number of hydrogen-bond acceptors (Lipinski definition) is 4. The molecule has 5 nitrogen and oxygen atoms in total. The lowest BCUT2D eigenvalue weighted by Crippen LogP contribution is -2.17. The molecule has 1 aromatic carbocycles. The van der Waals surface area contributed by atoms with Crippen LogP contribution in [0.25, 0.3) is 0 Å². The number of pyridine rings is 1. The summed E-state index contributed by atoms with van der Waals surface area (Å²) in [5.41, 5.74) is 7.55. The van der Waals surface area contributed by atoms with Crippen LogP contribution in [-0.4, -0.2) is 17.5 Å². The predicted molar refractivity (Wildman–Crippen MR) is 91.4 cm³/mol. The van der Waals surface area contributed by atoms with Gasteiger partial charge in [-0.2, -0.15) is 0 Å². The molecule has 0 aliphatic carbocycles. The van der Waals surface area contributed by atoms with Gasteiger partial charge in [-0.1, -0.05) is 12.0 Å². The number of halogens is 1. The van der Waals surface area contributed by atoms with Gasteiger partial charge in [-0.3, -0.25) is 4.79 Å². The Morgan fingerprint density at radius 1 is 1.42 bits per heavy atom. The highest BCUT2D eigenvalue weighted by atomic mass is 19.1. The molecule has 2 rings (SSSR count). The quantitative estimate of drug-likeness (QED) is 0.846. The minimum absolute atomic E-state index is 0.000384. The number of nitrogen functional groups attached to an aromatic ring is 1. The number of aryl methyl sites for hydroxylation is 2. The second-order valence-electron chi connectivity index (χ2n) is 5.11. The van der Waals surface area contributed by atoms with Gasteiger partial charge >= 0.3 is 0 Å². The van der Waals surface area contributed by atoms with Crippen molar-refractivity contribution in [3.05, 3.63) is 46.9 Å². The summed E-state index contributed by atoms with van der Waals surface area (Å²) in [5.74, 6) is 4.24. The van der Waals surface area contributed by atoms with E-state index < -0.39 is 11.7 Å². The Morgan fingerprint density at radius 2 is 2.17 bits per heavy atom. The molecule has 0 bridgehead atoms. The molecule has 0 fully saturated rings. The average molecular weight is 327 g/mol. The minimum atomic E-state index is -0.667. The molecule has 24 heavy (non-hydrogen) atoms. The zero-order valence-corrected chi connectivity index (χ0v) is 13.7. The van der Waals surface area contributed by atoms with E-state index in [1.807, 2.05) is 6.92 Å². The fraction of sp³-hybridized carbons (Fsp3) is 0.222. The molecule has 0 radical (unpaired) electrons. The summed E-state index contributed by atoms with van der Waals surface area (Å²) in [7, 11) is 0. The first-order chi connectivity index (χ1) is 11.4. The van der Waals surface area contributed by atoms with Crippen LogP contribution in [-0.2, 0) is 0 Å². The zero-order chi connectivity index (χ0) is 17.7. The molecule has 124 valence electrons. The first-order valence-corrected chi connectivity index (χ1v) is 7.30. The van der Waals surface area contributed by atoms with Gasteiger partial charge in [0.1, 0.15) is 12.4 Å². The van der Waals surface area contributed by atoms with Crippen LogP contribution in [0.5, 0.6) is 5.75 Å². The Labute approximate surface area is 140 Å². The number of nitrogens with two attached hydrogens (primary N) is 1. The molecule has 0 atom stereocenters. The van der Waals surface area contributed by atoms with Crippen molar-refractivity contribution >= 4 is 17.4 Å². The first-order valence-electron chi connectivity index (χ1n) is 7.30. The molecule has 2 aromatic rings. The van der Waals surface area contributed by atoms with E-state index in [-0.39, 0.29) is 29.4 Å². The SMILES string of the molecule is CC#CCOc1cccc(NC(=O)c2cc(C)c(C)nc2N)c1F. The summed E-state index contributed by atoms with van der Waals surface area (Å²) >= 11 is 0. The number of nitrogens with one attached hydrogen (secondary N) is 1. The van der Waals surface area contributed by atoms with Crippen LogP contribution in [0.15, 0.2) is 24.3 Å². The van der Waals surface area contributed by atoms with Crippen molar-refractivity contribution in [2.24, 2.45) is 0 Å². The lowest BCUT2D eigenvalue weighted by atomic mass is 10.1. The van der Waals surface area contributed by atoms with Crippen LogP contribution in [0.4, 0.5) is 15.9 Å². The number of ether oxygens (including phenoxy) is 1. The van der Waals surface area contributed by atoms with Crippen LogP contribution < -0.4 is 15.8 Å². The fourth-order valence-electron chi connectivity index (χ4n) is 2.00. The molecule has 1 heterocycles. The van der Waals surface area contributed by atoms with Crippen molar-refractivity contribution < 1.29 is 13.9 Å². The Kier molecular flexibility index (Phi) is 5.38. The lowest BCUT2D eigenvalue weighted by Gasteiger charge is -2.12. The van der Waals surface area contributed by atoms with E-state index in [4.69, 9.17) is 10.5 Å². The second-order valence-corrected chi connectivity index (χ2v) is 5.11. The number of anilines is 2. The van der Waals surface area contributed by atoms with Gasteiger partial charge < -0.3 is 15.8 Å². The van der Waals surface area contributed by atoms with Crippen LogP contribution >= 0.6 is 0 Å². The maximum Gasteiger partial charge on any atom is 0.259 e. The van der Waals surface area contributed by atoms with Gasteiger partial charge in [0.2, 0.25) is 0 Å². The molecule has 1 aromatic heterocycles. The standard InChI is InChI=1S/C18H18FN3O2/c1-4-5-9-24-15-8-6-7-14(16(15)19)22-18(23)13-10-11(2)12(3)21-17(13)20/h6-8,10H,9H2,1-3H3,(H2,20,21)(H,22,23). The summed E-state index contributed by atoms with van der Waals surface area (Å²) in [5, 5.41) is 2.49. The van der Waals surface area contributed by atoms with E-state index in [2.05, 4.69) is 22.1 Å². The van der Waals surface area contributed by atoms with E-state index in [9.17, 15) is 9.18 Å². The molecular formula is C18H18FN3O2. The van der Waals surface area contributed by atoms with Crippen LogP contribution in [0.1, 0.15) is 28.5 Å². The Hall–Kier alpha value is -3.07. The molecule has 0 aliphatic rings. The molecule has 0 saturated heterocycles. The number of benzene rings is 1. The summed E-state index contributed by atoms with van der Waals surface area (Å²) < 4.78 is 19.6. The van der Waals surface area contributed by atoms with Crippen molar-refractivity contribution in [2.75, 3.05) is 17.7 Å². The Balaban J connectivity index is 2.24. The van der Waals surface area contributed by atoms with Gasteiger partial charge in [0.25, 0.3) is 5.91 Å². The monoisotopic (exact) mass is 327 g/mol. The largest absolute Gasteiger partial charge is 0.478 e. The molecular weight excluding hydrogens is 309 g/mol.